The van der Waals surface area contributed by atoms with E-state index in [0.29, 0.717) is 0 Å². The van der Waals surface area contributed by atoms with E-state index < -0.39 is 0 Å². The molecule has 0 atom stereocenters. The van der Waals surface area contributed by atoms with Gasteiger partial charge in [0, 0.05) is 19.5 Å². The van der Waals surface area contributed by atoms with Crippen LogP contribution >= 0.6 is 0 Å². The van der Waals surface area contributed by atoms with Crippen molar-refractivity contribution in [3.8, 4) is 33.9 Å². The van der Waals surface area contributed by atoms with Gasteiger partial charge in [-0.25, -0.2) is 0 Å². The molecule has 112 valence electrons. The number of imidazole rings is 1. The van der Waals surface area contributed by atoms with Crippen molar-refractivity contribution in [2.75, 3.05) is 0 Å². The van der Waals surface area contributed by atoms with Crippen molar-refractivity contribution in [2.45, 2.75) is 0 Å². The summed E-state index contributed by atoms with van der Waals surface area (Å²) in [6.45, 7) is 0. The fourth-order valence-electron chi connectivity index (χ4n) is 2.65. The van der Waals surface area contributed by atoms with Crippen molar-refractivity contribution in [1.82, 2.24) is 9.97 Å². The summed E-state index contributed by atoms with van der Waals surface area (Å²) in [6.07, 6.45) is 0. The standard InChI is InChI=1S/C21H15N2.Zn/c1-4-10-16(11-5-1)19-20(17-12-6-2-7-13-17)23-21(22-19)18-14-8-3-9-15-18;/h1-15H;/q-1;. The molecule has 3 heteroatoms. The van der Waals surface area contributed by atoms with Crippen LogP contribution in [0.2, 0.25) is 0 Å². The maximum atomic E-state index is 4.82. The minimum absolute atomic E-state index is 0. The van der Waals surface area contributed by atoms with Crippen molar-refractivity contribution in [3.63, 3.8) is 0 Å². The fraction of sp³-hybridized carbons (Fsp3) is 0. The molecule has 0 unspecified atom stereocenters. The van der Waals surface area contributed by atoms with Gasteiger partial charge in [-0.3, -0.25) is 0 Å². The van der Waals surface area contributed by atoms with Crippen LogP contribution in [0.25, 0.3) is 33.9 Å². The van der Waals surface area contributed by atoms with Crippen molar-refractivity contribution in [2.24, 2.45) is 0 Å². The molecule has 0 saturated heterocycles. The molecule has 0 radical (unpaired) electrons. The van der Waals surface area contributed by atoms with E-state index in [0.717, 1.165) is 33.9 Å². The van der Waals surface area contributed by atoms with Crippen molar-refractivity contribution in [3.05, 3.63) is 91.0 Å². The molecule has 2 nitrogen and oxygen atoms in total. The molecule has 24 heavy (non-hydrogen) atoms. The SMILES string of the molecule is [Zn].c1ccc(-c2nc(-c3ccccc3)c(-c3ccccc3)[n-]2)cc1. The Bertz CT molecular complexity index is 844. The Morgan fingerprint density at radius 1 is 0.542 bits per heavy atom. The molecular weight excluding hydrogens is 346 g/mol. The average molecular weight is 361 g/mol. The second kappa shape index (κ2) is 7.38. The Hall–Kier alpha value is -2.51. The zero-order valence-electron chi connectivity index (χ0n) is 13.3. The summed E-state index contributed by atoms with van der Waals surface area (Å²) in [5.74, 6) is 0.767. The van der Waals surface area contributed by atoms with Gasteiger partial charge in [-0.05, 0) is 28.1 Å². The monoisotopic (exact) mass is 359 g/mol. The molecule has 3 aromatic carbocycles. The van der Waals surface area contributed by atoms with Crippen molar-refractivity contribution in [1.29, 1.82) is 0 Å². The van der Waals surface area contributed by atoms with E-state index in [1.54, 1.807) is 0 Å². The van der Waals surface area contributed by atoms with Crippen LogP contribution in [0.3, 0.4) is 0 Å². The van der Waals surface area contributed by atoms with Gasteiger partial charge in [0.25, 0.3) is 0 Å². The maximum absolute atomic E-state index is 4.82. The van der Waals surface area contributed by atoms with E-state index >= 15 is 0 Å². The largest absolute Gasteiger partial charge is 0.435 e. The molecule has 0 aliphatic heterocycles. The van der Waals surface area contributed by atoms with Gasteiger partial charge in [-0.2, -0.15) is 0 Å². The first kappa shape index (κ1) is 16.4. The average Bonchev–Trinajstić information content (AvgIpc) is 3.09. The summed E-state index contributed by atoms with van der Waals surface area (Å²) in [7, 11) is 0. The Morgan fingerprint density at radius 3 is 1.54 bits per heavy atom. The van der Waals surface area contributed by atoms with Gasteiger partial charge in [0.05, 0.1) is 0 Å². The quantitative estimate of drug-likeness (QED) is 0.479. The van der Waals surface area contributed by atoms with Crippen molar-refractivity contribution < 1.29 is 19.5 Å². The molecule has 0 saturated carbocycles. The molecule has 0 N–H and O–H groups in total. The summed E-state index contributed by atoms with van der Waals surface area (Å²) >= 11 is 0. The maximum Gasteiger partial charge on any atom is 0 e. The van der Waals surface area contributed by atoms with Gasteiger partial charge in [0.2, 0.25) is 0 Å². The van der Waals surface area contributed by atoms with Gasteiger partial charge in [0.15, 0.2) is 0 Å². The fourth-order valence-corrected chi connectivity index (χ4v) is 2.65. The van der Waals surface area contributed by atoms with E-state index in [2.05, 4.69) is 24.3 Å². The van der Waals surface area contributed by atoms with Crippen LogP contribution in [-0.4, -0.2) is 4.98 Å². The summed E-state index contributed by atoms with van der Waals surface area (Å²) in [4.78, 5) is 9.63. The molecule has 4 aromatic rings. The van der Waals surface area contributed by atoms with Gasteiger partial charge in [-0.15, -0.1) is 0 Å². The van der Waals surface area contributed by atoms with Crippen LogP contribution in [0.15, 0.2) is 91.0 Å². The van der Waals surface area contributed by atoms with Crippen LogP contribution in [0.5, 0.6) is 0 Å². The summed E-state index contributed by atoms with van der Waals surface area (Å²) in [5.41, 5.74) is 5.06. The number of benzene rings is 3. The number of aromatic nitrogens is 2. The van der Waals surface area contributed by atoms with E-state index in [9.17, 15) is 0 Å². The second-order valence-corrected chi connectivity index (χ2v) is 5.34. The van der Waals surface area contributed by atoms with Crippen LogP contribution in [0.1, 0.15) is 0 Å². The Balaban J connectivity index is 0.00000169. The minimum Gasteiger partial charge on any atom is -0.435 e. The van der Waals surface area contributed by atoms with Crippen LogP contribution in [0.4, 0.5) is 0 Å². The van der Waals surface area contributed by atoms with Crippen LogP contribution in [-0.2, 0) is 19.5 Å². The number of hydrogen-bond acceptors (Lipinski definition) is 1. The summed E-state index contributed by atoms with van der Waals surface area (Å²) in [5, 5.41) is 0. The van der Waals surface area contributed by atoms with Gasteiger partial charge in [-0.1, -0.05) is 96.8 Å². The molecule has 0 aliphatic carbocycles. The third-order valence-electron chi connectivity index (χ3n) is 3.79. The predicted octanol–water partition coefficient (Wildman–Crippen LogP) is 5.04. The predicted molar refractivity (Wildman–Crippen MR) is 93.9 cm³/mol. The number of rotatable bonds is 3. The second-order valence-electron chi connectivity index (χ2n) is 5.34. The van der Waals surface area contributed by atoms with Gasteiger partial charge < -0.3 is 9.97 Å². The molecule has 0 bridgehead atoms. The third kappa shape index (κ3) is 3.22. The first-order chi connectivity index (χ1) is 11.4. The van der Waals surface area contributed by atoms with E-state index in [-0.39, 0.29) is 19.5 Å². The van der Waals surface area contributed by atoms with Gasteiger partial charge >= 0.3 is 0 Å². The third-order valence-corrected chi connectivity index (χ3v) is 3.79. The smallest absolute Gasteiger partial charge is 0 e. The Labute approximate surface area is 154 Å². The topological polar surface area (TPSA) is 27.0 Å². The summed E-state index contributed by atoms with van der Waals surface area (Å²) < 4.78 is 0. The number of hydrogen-bond donors (Lipinski definition) is 0. The van der Waals surface area contributed by atoms with Crippen LogP contribution in [0, 0.1) is 0 Å². The molecule has 1 aromatic heterocycles. The van der Waals surface area contributed by atoms with E-state index in [1.165, 1.54) is 0 Å². The summed E-state index contributed by atoms with van der Waals surface area (Å²) in [6, 6.07) is 30.5. The first-order valence-electron chi connectivity index (χ1n) is 7.63. The van der Waals surface area contributed by atoms with E-state index in [4.69, 9.17) is 9.97 Å². The first-order valence-corrected chi connectivity index (χ1v) is 7.63. The molecule has 0 aliphatic rings. The molecule has 4 rings (SSSR count). The van der Waals surface area contributed by atoms with Crippen LogP contribution < -0.4 is 4.98 Å². The molecule has 0 amide bonds. The normalized spacial score (nSPS) is 10.2. The zero-order chi connectivity index (χ0) is 15.5. The molecule has 0 spiro atoms. The van der Waals surface area contributed by atoms with Crippen molar-refractivity contribution >= 4 is 0 Å². The molecule has 1 heterocycles. The Kier molecular flexibility index (Phi) is 5.03. The molecule has 0 fully saturated rings. The van der Waals surface area contributed by atoms with E-state index in [1.807, 2.05) is 66.7 Å². The Morgan fingerprint density at radius 2 is 1.00 bits per heavy atom. The minimum atomic E-state index is 0. The van der Waals surface area contributed by atoms with Gasteiger partial charge in [0.1, 0.15) is 0 Å². The number of nitrogens with zero attached hydrogens (tertiary/aromatic N) is 2. The molecular formula is C21H15N2Zn-. The zero-order valence-corrected chi connectivity index (χ0v) is 16.2.